The fourth-order valence-corrected chi connectivity index (χ4v) is 4.59. The van der Waals surface area contributed by atoms with Gasteiger partial charge in [0.1, 0.15) is 5.82 Å². The number of hydrogen-bond donors (Lipinski definition) is 2. The molecule has 1 fully saturated rings. The summed E-state index contributed by atoms with van der Waals surface area (Å²) in [6.45, 7) is 3.08. The number of aromatic nitrogens is 3. The van der Waals surface area contributed by atoms with Gasteiger partial charge in [-0.25, -0.2) is 4.98 Å². The van der Waals surface area contributed by atoms with Gasteiger partial charge in [0, 0.05) is 12.2 Å². The third kappa shape index (κ3) is 4.51. The Hall–Kier alpha value is -2.24. The molecule has 1 atom stereocenters. The van der Waals surface area contributed by atoms with Crippen LogP contribution in [0, 0.1) is 0 Å². The number of rotatable bonds is 9. The molecule has 0 aliphatic heterocycles. The number of hydrogen-bond acceptors (Lipinski definition) is 4. The smallest absolute Gasteiger partial charge is 0.121 e. The van der Waals surface area contributed by atoms with E-state index in [9.17, 15) is 0 Å². The summed E-state index contributed by atoms with van der Waals surface area (Å²) >= 11 is 0. The lowest BCUT2D eigenvalue weighted by molar-refractivity contribution is 0.159. The molecule has 0 amide bonds. The summed E-state index contributed by atoms with van der Waals surface area (Å²) in [7, 11) is 0. The Balaban J connectivity index is 1.32. The molecule has 5 nitrogen and oxygen atoms in total. The summed E-state index contributed by atoms with van der Waals surface area (Å²) in [4.78, 5) is 15.8. The van der Waals surface area contributed by atoms with E-state index >= 15 is 0 Å². The van der Waals surface area contributed by atoms with E-state index < -0.39 is 0 Å². The number of pyridine rings is 1. The number of aryl methyl sites for hydroxylation is 1. The highest BCUT2D eigenvalue weighted by Gasteiger charge is 2.27. The quantitative estimate of drug-likeness (QED) is 0.534. The van der Waals surface area contributed by atoms with Gasteiger partial charge in [0.15, 0.2) is 0 Å². The molecule has 5 heteroatoms. The fourth-order valence-electron chi connectivity index (χ4n) is 4.59. The lowest BCUT2D eigenvalue weighted by Gasteiger charge is -2.34. The van der Waals surface area contributed by atoms with E-state index in [4.69, 9.17) is 9.97 Å². The molecular formula is C24H31N5. The van der Waals surface area contributed by atoms with Crippen molar-refractivity contribution < 1.29 is 0 Å². The Morgan fingerprint density at radius 1 is 1.07 bits per heavy atom. The Bertz CT molecular complexity index is 912. The third-order valence-electron chi connectivity index (χ3n) is 6.28. The van der Waals surface area contributed by atoms with E-state index in [0.29, 0.717) is 6.04 Å². The largest absolute Gasteiger partial charge is 0.341 e. The maximum absolute atomic E-state index is 4.85. The lowest BCUT2D eigenvalue weighted by Crippen LogP contribution is -2.33. The second-order valence-corrected chi connectivity index (χ2v) is 8.56. The van der Waals surface area contributed by atoms with E-state index in [-0.39, 0.29) is 0 Å². The van der Waals surface area contributed by atoms with E-state index in [1.54, 1.807) is 0 Å². The number of unbranched alkanes of at least 4 members (excludes halogenated alkanes) is 1. The van der Waals surface area contributed by atoms with Crippen LogP contribution in [-0.2, 0) is 13.0 Å². The zero-order chi connectivity index (χ0) is 19.5. The van der Waals surface area contributed by atoms with Crippen molar-refractivity contribution in [2.75, 3.05) is 13.1 Å². The summed E-state index contributed by atoms with van der Waals surface area (Å²) < 4.78 is 0. The van der Waals surface area contributed by atoms with Crippen molar-refractivity contribution in [2.24, 2.45) is 0 Å². The van der Waals surface area contributed by atoms with Crippen LogP contribution in [0.3, 0.4) is 0 Å². The Kier molecular flexibility index (Phi) is 5.59. The molecule has 2 N–H and O–H groups in total. The Morgan fingerprint density at radius 2 is 2.00 bits per heavy atom. The molecule has 2 heterocycles. The highest BCUT2D eigenvalue weighted by Crippen LogP contribution is 2.33. The number of nitrogens with one attached hydrogen (secondary N) is 2. The zero-order valence-electron chi connectivity index (χ0n) is 17.1. The molecule has 2 aliphatic rings. The Labute approximate surface area is 172 Å². The monoisotopic (exact) mass is 389 g/mol. The maximum atomic E-state index is 4.85. The average Bonchev–Trinajstić information content (AvgIpc) is 3.49. The number of H-pyrrole nitrogens is 1. The summed E-state index contributed by atoms with van der Waals surface area (Å²) in [5, 5.41) is 3.64. The van der Waals surface area contributed by atoms with E-state index in [1.807, 2.05) is 6.20 Å². The van der Waals surface area contributed by atoms with Crippen LogP contribution in [0.2, 0.25) is 0 Å². The highest BCUT2D eigenvalue weighted by molar-refractivity contribution is 5.74. The molecule has 1 saturated carbocycles. The number of fused-ring (bicyclic) bond motifs is 2. The minimum absolute atomic E-state index is 0.393. The van der Waals surface area contributed by atoms with Crippen molar-refractivity contribution >= 4 is 11.0 Å². The predicted octanol–water partition coefficient (Wildman–Crippen LogP) is 4.37. The number of aromatic amines is 1. The van der Waals surface area contributed by atoms with Crippen LogP contribution in [0.25, 0.3) is 11.0 Å². The van der Waals surface area contributed by atoms with Gasteiger partial charge in [-0.2, -0.15) is 0 Å². The number of benzene rings is 1. The topological polar surface area (TPSA) is 56.8 Å². The van der Waals surface area contributed by atoms with E-state index in [1.165, 1.54) is 49.8 Å². The van der Waals surface area contributed by atoms with Crippen LogP contribution >= 0.6 is 0 Å². The molecule has 29 heavy (non-hydrogen) atoms. The maximum Gasteiger partial charge on any atom is 0.121 e. The predicted molar refractivity (Wildman–Crippen MR) is 117 cm³/mol. The normalized spacial score (nSPS) is 19.0. The van der Waals surface area contributed by atoms with Crippen molar-refractivity contribution in [3.63, 3.8) is 0 Å². The molecule has 5 rings (SSSR count). The molecule has 0 radical (unpaired) electrons. The van der Waals surface area contributed by atoms with Crippen LogP contribution in [0.15, 0.2) is 42.6 Å². The van der Waals surface area contributed by atoms with Gasteiger partial charge in [-0.3, -0.25) is 9.88 Å². The molecule has 0 saturated heterocycles. The SMILES string of the molecule is c1cnc2c(c1)CCCC2N(CCCCNC1CC1)Cc1nc2ccccc2[nH]1. The molecule has 0 spiro atoms. The molecule has 1 unspecified atom stereocenters. The minimum atomic E-state index is 0.393. The average molecular weight is 390 g/mol. The van der Waals surface area contributed by atoms with Crippen LogP contribution in [-0.4, -0.2) is 39.0 Å². The standard InChI is InChI=1S/C24H31N5/c1-2-10-21-20(9-1)27-23(28-21)17-29(16-4-3-14-25-19-12-13-19)22-11-5-7-18-8-6-15-26-24(18)22/h1-2,6,8-10,15,19,22,25H,3-5,7,11-14,16-17H2,(H,27,28). The van der Waals surface area contributed by atoms with E-state index in [0.717, 1.165) is 49.0 Å². The molecule has 152 valence electrons. The number of para-hydroxylation sites is 2. The van der Waals surface area contributed by atoms with Crippen molar-refractivity contribution in [1.82, 2.24) is 25.2 Å². The summed E-state index contributed by atoms with van der Waals surface area (Å²) in [5.74, 6) is 1.06. The second kappa shape index (κ2) is 8.64. The van der Waals surface area contributed by atoms with Gasteiger partial charge >= 0.3 is 0 Å². The van der Waals surface area contributed by atoms with Crippen molar-refractivity contribution in [3.8, 4) is 0 Å². The molecular weight excluding hydrogens is 358 g/mol. The van der Waals surface area contributed by atoms with Crippen molar-refractivity contribution in [2.45, 2.75) is 63.6 Å². The van der Waals surface area contributed by atoms with Gasteiger partial charge in [-0.1, -0.05) is 18.2 Å². The summed E-state index contributed by atoms with van der Waals surface area (Å²) in [6, 6.07) is 13.8. The molecule has 1 aromatic carbocycles. The number of imidazole rings is 1. The van der Waals surface area contributed by atoms with Gasteiger partial charge in [-0.05, 0) is 81.8 Å². The first-order chi connectivity index (χ1) is 14.4. The minimum Gasteiger partial charge on any atom is -0.341 e. The molecule has 2 aliphatic carbocycles. The highest BCUT2D eigenvalue weighted by atomic mass is 15.2. The summed E-state index contributed by atoms with van der Waals surface area (Å²) in [6.07, 6.45) is 10.7. The van der Waals surface area contributed by atoms with Gasteiger partial charge < -0.3 is 10.3 Å². The van der Waals surface area contributed by atoms with Crippen LogP contribution in [0.5, 0.6) is 0 Å². The van der Waals surface area contributed by atoms with Crippen molar-refractivity contribution in [3.05, 3.63) is 59.7 Å². The molecule has 3 aromatic rings. The third-order valence-corrected chi connectivity index (χ3v) is 6.28. The lowest BCUT2D eigenvalue weighted by atomic mass is 9.90. The van der Waals surface area contributed by atoms with Gasteiger partial charge in [0.2, 0.25) is 0 Å². The second-order valence-electron chi connectivity index (χ2n) is 8.56. The molecule has 2 aromatic heterocycles. The molecule has 0 bridgehead atoms. The van der Waals surface area contributed by atoms with Crippen LogP contribution < -0.4 is 5.32 Å². The Morgan fingerprint density at radius 3 is 2.90 bits per heavy atom. The fraction of sp³-hybridized carbons (Fsp3) is 0.500. The first kappa shape index (κ1) is 18.8. The van der Waals surface area contributed by atoms with Gasteiger partial charge in [0.05, 0.1) is 29.3 Å². The summed E-state index contributed by atoms with van der Waals surface area (Å²) in [5.41, 5.74) is 4.89. The van der Waals surface area contributed by atoms with Gasteiger partial charge in [0.25, 0.3) is 0 Å². The van der Waals surface area contributed by atoms with Gasteiger partial charge in [-0.15, -0.1) is 0 Å². The van der Waals surface area contributed by atoms with Crippen LogP contribution in [0.4, 0.5) is 0 Å². The van der Waals surface area contributed by atoms with E-state index in [2.05, 4.69) is 51.6 Å². The first-order valence-corrected chi connectivity index (χ1v) is 11.2. The van der Waals surface area contributed by atoms with Crippen molar-refractivity contribution in [1.29, 1.82) is 0 Å². The number of nitrogens with zero attached hydrogens (tertiary/aromatic N) is 3. The van der Waals surface area contributed by atoms with Crippen LogP contribution in [0.1, 0.15) is 61.6 Å². The first-order valence-electron chi connectivity index (χ1n) is 11.2. The zero-order valence-corrected chi connectivity index (χ0v) is 17.1.